The fourth-order valence-corrected chi connectivity index (χ4v) is 4.38. The Morgan fingerprint density at radius 1 is 1.10 bits per heavy atom. The van der Waals surface area contributed by atoms with E-state index in [1.54, 1.807) is 0 Å². The number of aryl methyl sites for hydroxylation is 2. The van der Waals surface area contributed by atoms with E-state index in [1.165, 1.54) is 13.0 Å². The average molecular weight is 437 g/mol. The highest BCUT2D eigenvalue weighted by Crippen LogP contribution is 2.31. The molecule has 0 radical (unpaired) electrons. The van der Waals surface area contributed by atoms with E-state index in [0.717, 1.165) is 53.8 Å². The topological polar surface area (TPSA) is 167 Å². The van der Waals surface area contributed by atoms with Crippen molar-refractivity contribution in [3.05, 3.63) is 65.6 Å². The zero-order valence-electron chi connectivity index (χ0n) is 16.0. The molecule has 160 valence electrons. The number of aromatic nitrogens is 2. The Morgan fingerprint density at radius 3 is 2.30 bits per heavy atom. The van der Waals surface area contributed by atoms with Gasteiger partial charge in [-0.25, -0.2) is 17.8 Å². The van der Waals surface area contributed by atoms with Crippen LogP contribution in [0.15, 0.2) is 27.9 Å². The van der Waals surface area contributed by atoms with Crippen LogP contribution in [-0.2, 0) is 29.4 Å². The van der Waals surface area contributed by atoms with Crippen molar-refractivity contribution in [3.8, 4) is 0 Å². The van der Waals surface area contributed by atoms with Crippen LogP contribution in [0.3, 0.4) is 0 Å². The second kappa shape index (κ2) is 8.28. The lowest BCUT2D eigenvalue weighted by atomic mass is 9.97. The first-order valence-electron chi connectivity index (χ1n) is 9.13. The molecule has 0 saturated carbocycles. The van der Waals surface area contributed by atoms with E-state index >= 15 is 0 Å². The molecule has 0 unspecified atom stereocenters. The lowest BCUT2D eigenvalue weighted by molar-refractivity contribution is -0.395. The van der Waals surface area contributed by atoms with Crippen molar-refractivity contribution in [2.24, 2.45) is 0 Å². The number of nitro groups is 2. The minimum absolute atomic E-state index is 0.0542. The quantitative estimate of drug-likeness (QED) is 0.498. The van der Waals surface area contributed by atoms with Crippen LogP contribution in [0.5, 0.6) is 0 Å². The summed E-state index contributed by atoms with van der Waals surface area (Å²) in [5.74, 6) is 0. The van der Waals surface area contributed by atoms with E-state index in [0.29, 0.717) is 0 Å². The van der Waals surface area contributed by atoms with E-state index in [-0.39, 0.29) is 24.2 Å². The lowest BCUT2D eigenvalue weighted by Crippen LogP contribution is -2.33. The lowest BCUT2D eigenvalue weighted by Gasteiger charge is -2.16. The number of benzene rings is 1. The standard InChI is InChI=1S/C17H19N5O7S/c1-11-15(21(24)25)9-13(10-16(11)22(26)27)30(28,29)18-6-7-20-17(23)8-12-4-2-3-5-14(12)19-20/h8-10,18H,2-7H2,1H3. The van der Waals surface area contributed by atoms with Gasteiger partial charge >= 0.3 is 0 Å². The van der Waals surface area contributed by atoms with E-state index in [9.17, 15) is 33.4 Å². The molecule has 3 rings (SSSR count). The van der Waals surface area contributed by atoms with Crippen molar-refractivity contribution in [1.82, 2.24) is 14.5 Å². The second-order valence-electron chi connectivity index (χ2n) is 6.88. The highest BCUT2D eigenvalue weighted by molar-refractivity contribution is 7.89. The van der Waals surface area contributed by atoms with E-state index in [4.69, 9.17) is 0 Å². The van der Waals surface area contributed by atoms with Crippen molar-refractivity contribution >= 4 is 21.4 Å². The van der Waals surface area contributed by atoms with Crippen molar-refractivity contribution in [2.75, 3.05) is 6.54 Å². The molecule has 0 saturated heterocycles. The molecule has 30 heavy (non-hydrogen) atoms. The van der Waals surface area contributed by atoms with E-state index in [1.807, 2.05) is 0 Å². The van der Waals surface area contributed by atoms with Gasteiger partial charge in [-0.15, -0.1) is 0 Å². The number of nitrogens with one attached hydrogen (secondary N) is 1. The normalized spacial score (nSPS) is 13.6. The maximum Gasteiger partial charge on any atom is 0.280 e. The van der Waals surface area contributed by atoms with Gasteiger partial charge < -0.3 is 0 Å². The number of nitrogens with zero attached hydrogens (tertiary/aromatic N) is 4. The number of hydrogen-bond acceptors (Lipinski definition) is 8. The molecule has 1 aromatic carbocycles. The van der Waals surface area contributed by atoms with Crippen LogP contribution in [0, 0.1) is 27.2 Å². The van der Waals surface area contributed by atoms with Crippen molar-refractivity contribution in [2.45, 2.75) is 44.0 Å². The zero-order chi connectivity index (χ0) is 22.1. The Kier molecular flexibility index (Phi) is 5.94. The number of sulfonamides is 1. The maximum atomic E-state index is 12.5. The van der Waals surface area contributed by atoms with Gasteiger partial charge in [-0.05, 0) is 38.2 Å². The SMILES string of the molecule is Cc1c([N+](=O)[O-])cc(S(=O)(=O)NCCn2nc3c(cc2=O)CCCC3)cc1[N+](=O)[O-]. The third-order valence-electron chi connectivity index (χ3n) is 4.92. The summed E-state index contributed by atoms with van der Waals surface area (Å²) in [6, 6.07) is 3.05. The molecule has 12 nitrogen and oxygen atoms in total. The molecule has 0 bridgehead atoms. The van der Waals surface area contributed by atoms with Gasteiger partial charge in [-0.3, -0.25) is 25.0 Å². The second-order valence-corrected chi connectivity index (χ2v) is 8.65. The molecule has 2 aromatic rings. The molecule has 13 heteroatoms. The molecule has 0 amide bonds. The molecule has 0 aliphatic heterocycles. The summed E-state index contributed by atoms with van der Waals surface area (Å²) in [6.07, 6.45) is 3.50. The van der Waals surface area contributed by atoms with Crippen LogP contribution in [0.4, 0.5) is 11.4 Å². The Hall–Kier alpha value is -3.19. The predicted octanol–water partition coefficient (Wildman–Crippen LogP) is 1.23. The van der Waals surface area contributed by atoms with Gasteiger partial charge in [0.15, 0.2) is 0 Å². The summed E-state index contributed by atoms with van der Waals surface area (Å²) in [6.45, 7) is 0.902. The van der Waals surface area contributed by atoms with Crippen molar-refractivity contribution < 1.29 is 18.3 Å². The van der Waals surface area contributed by atoms with Gasteiger partial charge in [0.2, 0.25) is 10.0 Å². The summed E-state index contributed by atoms with van der Waals surface area (Å²) in [7, 11) is -4.29. The Balaban J connectivity index is 1.82. The number of nitro benzene ring substituents is 2. The van der Waals surface area contributed by atoms with Crippen LogP contribution in [0.25, 0.3) is 0 Å². The Labute approximate surface area is 170 Å². The Morgan fingerprint density at radius 2 is 1.70 bits per heavy atom. The molecule has 1 heterocycles. The number of rotatable bonds is 7. The van der Waals surface area contributed by atoms with Gasteiger partial charge in [-0.2, -0.15) is 5.10 Å². The summed E-state index contributed by atoms with van der Waals surface area (Å²) < 4.78 is 28.4. The first kappa shape index (κ1) is 21.5. The largest absolute Gasteiger partial charge is 0.280 e. The van der Waals surface area contributed by atoms with Crippen LogP contribution in [0.2, 0.25) is 0 Å². The first-order valence-corrected chi connectivity index (χ1v) is 10.6. The minimum Gasteiger partial charge on any atom is -0.268 e. The molecule has 1 aromatic heterocycles. The number of fused-ring (bicyclic) bond motifs is 1. The summed E-state index contributed by atoms with van der Waals surface area (Å²) in [4.78, 5) is 32.1. The first-order chi connectivity index (χ1) is 14.1. The molecule has 0 atom stereocenters. The fraction of sp³-hybridized carbons (Fsp3) is 0.412. The third-order valence-corrected chi connectivity index (χ3v) is 6.36. The van der Waals surface area contributed by atoms with Gasteiger partial charge in [-0.1, -0.05) is 0 Å². The molecule has 1 aliphatic carbocycles. The number of hydrogen-bond donors (Lipinski definition) is 1. The molecule has 1 N–H and O–H groups in total. The molecular weight excluding hydrogens is 418 g/mol. The smallest absolute Gasteiger partial charge is 0.268 e. The highest BCUT2D eigenvalue weighted by Gasteiger charge is 2.28. The van der Waals surface area contributed by atoms with Gasteiger partial charge in [0.05, 0.1) is 27.0 Å². The average Bonchev–Trinajstić information content (AvgIpc) is 2.67. The van der Waals surface area contributed by atoms with Crippen molar-refractivity contribution in [1.29, 1.82) is 0 Å². The van der Waals surface area contributed by atoms with E-state index in [2.05, 4.69) is 9.82 Å². The highest BCUT2D eigenvalue weighted by atomic mass is 32.2. The molecule has 1 aliphatic rings. The fourth-order valence-electron chi connectivity index (χ4n) is 3.32. The van der Waals surface area contributed by atoms with Gasteiger partial charge in [0, 0.05) is 24.7 Å². The minimum atomic E-state index is -4.29. The predicted molar refractivity (Wildman–Crippen MR) is 105 cm³/mol. The molecular formula is C17H19N5O7S. The third kappa shape index (κ3) is 4.36. The molecule has 0 spiro atoms. The van der Waals surface area contributed by atoms with Crippen LogP contribution >= 0.6 is 0 Å². The Bertz CT molecular complexity index is 1150. The zero-order valence-corrected chi connectivity index (χ0v) is 16.8. The van der Waals surface area contributed by atoms with Crippen LogP contribution in [-0.4, -0.2) is 34.6 Å². The molecule has 0 fully saturated rings. The van der Waals surface area contributed by atoms with Gasteiger partial charge in [0.1, 0.15) is 5.56 Å². The van der Waals surface area contributed by atoms with Gasteiger partial charge in [0.25, 0.3) is 16.9 Å². The van der Waals surface area contributed by atoms with Crippen LogP contribution in [0.1, 0.15) is 29.7 Å². The summed E-state index contributed by atoms with van der Waals surface area (Å²) in [5, 5.41) is 26.6. The summed E-state index contributed by atoms with van der Waals surface area (Å²) in [5.41, 5.74) is -0.213. The van der Waals surface area contributed by atoms with Crippen molar-refractivity contribution in [3.63, 3.8) is 0 Å². The monoisotopic (exact) mass is 437 g/mol. The van der Waals surface area contributed by atoms with E-state index < -0.39 is 36.1 Å². The maximum absolute atomic E-state index is 12.5. The van der Waals surface area contributed by atoms with Crippen LogP contribution < -0.4 is 10.3 Å². The summed E-state index contributed by atoms with van der Waals surface area (Å²) >= 11 is 0.